The number of halogens is 1. The zero-order valence-electron chi connectivity index (χ0n) is 7.76. The Balaban J connectivity index is 2.77. The summed E-state index contributed by atoms with van der Waals surface area (Å²) in [5, 5.41) is 0.786. The average molecular weight is 196 g/mol. The summed E-state index contributed by atoms with van der Waals surface area (Å²) in [7, 11) is 0. The van der Waals surface area contributed by atoms with Crippen LogP contribution < -0.4 is 5.73 Å². The summed E-state index contributed by atoms with van der Waals surface area (Å²) in [5.41, 5.74) is 7.78. The molecule has 0 aromatic heterocycles. The van der Waals surface area contributed by atoms with Crippen LogP contribution in [0.1, 0.15) is 17.5 Å². The Kier molecular flexibility index (Phi) is 4.00. The molecule has 1 aromatic carbocycles. The zero-order valence-corrected chi connectivity index (χ0v) is 8.51. The largest absolute Gasteiger partial charge is 0.330 e. The third-order valence-electron chi connectivity index (χ3n) is 1.86. The molecule has 0 aliphatic rings. The molecular weight excluding hydrogens is 182 g/mol. The Labute approximate surface area is 84.2 Å². The van der Waals surface area contributed by atoms with E-state index in [1.165, 1.54) is 11.1 Å². The van der Waals surface area contributed by atoms with Crippen LogP contribution in [0, 0.1) is 6.92 Å². The third-order valence-corrected chi connectivity index (χ3v) is 2.10. The second-order valence-electron chi connectivity index (χ2n) is 2.98. The summed E-state index contributed by atoms with van der Waals surface area (Å²) in [6, 6.07) is 5.88. The molecule has 0 spiro atoms. The lowest BCUT2D eigenvalue weighted by Gasteiger charge is -1.99. The van der Waals surface area contributed by atoms with Gasteiger partial charge in [-0.05, 0) is 43.1 Å². The lowest BCUT2D eigenvalue weighted by molar-refractivity contribution is 1.01. The minimum absolute atomic E-state index is 0.698. The first kappa shape index (κ1) is 10.3. The second kappa shape index (κ2) is 5.05. The molecule has 1 nitrogen and oxygen atoms in total. The molecule has 0 bridgehead atoms. The summed E-state index contributed by atoms with van der Waals surface area (Å²) >= 11 is 5.83. The molecule has 0 saturated heterocycles. The fourth-order valence-corrected chi connectivity index (χ4v) is 1.36. The van der Waals surface area contributed by atoms with E-state index in [1.54, 1.807) is 0 Å². The highest BCUT2D eigenvalue weighted by molar-refractivity contribution is 6.30. The predicted molar refractivity (Wildman–Crippen MR) is 58.9 cm³/mol. The summed E-state index contributed by atoms with van der Waals surface area (Å²) < 4.78 is 0. The maximum absolute atomic E-state index is 5.83. The van der Waals surface area contributed by atoms with E-state index in [9.17, 15) is 0 Å². The van der Waals surface area contributed by atoms with Gasteiger partial charge in [-0.15, -0.1) is 0 Å². The number of nitrogens with two attached hydrogens (primary N) is 1. The average Bonchev–Trinajstić information content (AvgIpc) is 2.09. The minimum atomic E-state index is 0.698. The van der Waals surface area contributed by atoms with Crippen LogP contribution in [0.5, 0.6) is 0 Å². The van der Waals surface area contributed by atoms with Crippen LogP contribution in [0.3, 0.4) is 0 Å². The Hall–Kier alpha value is -0.790. The normalized spacial score (nSPS) is 11.0. The van der Waals surface area contributed by atoms with Crippen molar-refractivity contribution >= 4 is 17.7 Å². The molecule has 0 atom stereocenters. The first-order valence-corrected chi connectivity index (χ1v) is 4.74. The van der Waals surface area contributed by atoms with E-state index < -0.39 is 0 Å². The van der Waals surface area contributed by atoms with Crippen molar-refractivity contribution in [3.8, 4) is 0 Å². The molecule has 2 heteroatoms. The molecule has 1 aromatic rings. The SMILES string of the molecule is Cc1cc(Cl)ccc1/C=C/CCN. The van der Waals surface area contributed by atoms with Crippen molar-refractivity contribution < 1.29 is 0 Å². The van der Waals surface area contributed by atoms with Crippen LogP contribution in [0.25, 0.3) is 6.08 Å². The van der Waals surface area contributed by atoms with Gasteiger partial charge in [-0.1, -0.05) is 29.8 Å². The molecule has 0 aliphatic heterocycles. The summed E-state index contributed by atoms with van der Waals surface area (Å²) in [4.78, 5) is 0. The predicted octanol–water partition coefficient (Wildman–Crippen LogP) is 3.01. The number of aryl methyl sites for hydroxylation is 1. The third kappa shape index (κ3) is 3.21. The fourth-order valence-electron chi connectivity index (χ4n) is 1.13. The van der Waals surface area contributed by atoms with Crippen molar-refractivity contribution in [1.29, 1.82) is 0 Å². The smallest absolute Gasteiger partial charge is 0.0409 e. The molecule has 0 radical (unpaired) electrons. The number of rotatable bonds is 3. The van der Waals surface area contributed by atoms with Crippen LogP contribution in [-0.2, 0) is 0 Å². The zero-order chi connectivity index (χ0) is 9.68. The number of hydrogen-bond acceptors (Lipinski definition) is 1. The number of benzene rings is 1. The van der Waals surface area contributed by atoms with Crippen LogP contribution >= 0.6 is 11.6 Å². The van der Waals surface area contributed by atoms with E-state index in [0.717, 1.165) is 11.4 Å². The van der Waals surface area contributed by atoms with Gasteiger partial charge in [0.15, 0.2) is 0 Å². The van der Waals surface area contributed by atoms with Gasteiger partial charge in [0.25, 0.3) is 0 Å². The van der Waals surface area contributed by atoms with Gasteiger partial charge >= 0.3 is 0 Å². The Morgan fingerprint density at radius 1 is 1.46 bits per heavy atom. The van der Waals surface area contributed by atoms with Gasteiger partial charge in [-0.3, -0.25) is 0 Å². The molecule has 0 unspecified atom stereocenters. The van der Waals surface area contributed by atoms with Gasteiger partial charge in [0.05, 0.1) is 0 Å². The van der Waals surface area contributed by atoms with Gasteiger partial charge in [0, 0.05) is 5.02 Å². The van der Waals surface area contributed by atoms with E-state index in [1.807, 2.05) is 25.1 Å². The van der Waals surface area contributed by atoms with Gasteiger partial charge in [-0.2, -0.15) is 0 Å². The van der Waals surface area contributed by atoms with Crippen LogP contribution in [-0.4, -0.2) is 6.54 Å². The van der Waals surface area contributed by atoms with Crippen molar-refractivity contribution in [3.63, 3.8) is 0 Å². The van der Waals surface area contributed by atoms with Gasteiger partial charge in [-0.25, -0.2) is 0 Å². The van der Waals surface area contributed by atoms with Crippen molar-refractivity contribution in [2.24, 2.45) is 5.73 Å². The molecule has 2 N–H and O–H groups in total. The maximum Gasteiger partial charge on any atom is 0.0409 e. The first-order valence-electron chi connectivity index (χ1n) is 4.37. The highest BCUT2D eigenvalue weighted by Gasteiger charge is 1.93. The second-order valence-corrected chi connectivity index (χ2v) is 3.42. The van der Waals surface area contributed by atoms with E-state index in [-0.39, 0.29) is 0 Å². The van der Waals surface area contributed by atoms with Crippen molar-refractivity contribution in [1.82, 2.24) is 0 Å². The number of hydrogen-bond donors (Lipinski definition) is 1. The van der Waals surface area contributed by atoms with Crippen LogP contribution in [0.4, 0.5) is 0 Å². The summed E-state index contributed by atoms with van der Waals surface area (Å²) in [5.74, 6) is 0. The van der Waals surface area contributed by atoms with Gasteiger partial charge in [0.1, 0.15) is 0 Å². The first-order chi connectivity index (χ1) is 6.24. The standard InChI is InChI=1S/C11H14ClN/c1-9-8-11(12)6-5-10(9)4-2-3-7-13/h2,4-6,8H,3,7,13H2,1H3/b4-2+. The Bertz CT molecular complexity index is 305. The molecule has 13 heavy (non-hydrogen) atoms. The highest BCUT2D eigenvalue weighted by atomic mass is 35.5. The molecule has 0 amide bonds. The van der Waals surface area contributed by atoms with Crippen molar-refractivity contribution in [3.05, 3.63) is 40.4 Å². The summed E-state index contributed by atoms with van der Waals surface area (Å²) in [6.45, 7) is 2.75. The quantitative estimate of drug-likeness (QED) is 0.789. The monoisotopic (exact) mass is 195 g/mol. The van der Waals surface area contributed by atoms with Crippen LogP contribution in [0.2, 0.25) is 5.02 Å². The molecule has 0 fully saturated rings. The molecule has 70 valence electrons. The van der Waals surface area contributed by atoms with Gasteiger partial charge < -0.3 is 5.73 Å². The van der Waals surface area contributed by atoms with E-state index >= 15 is 0 Å². The van der Waals surface area contributed by atoms with E-state index in [0.29, 0.717) is 6.54 Å². The van der Waals surface area contributed by atoms with Crippen molar-refractivity contribution in [2.75, 3.05) is 6.54 Å². The minimum Gasteiger partial charge on any atom is -0.330 e. The highest BCUT2D eigenvalue weighted by Crippen LogP contribution is 2.16. The lowest BCUT2D eigenvalue weighted by atomic mass is 10.1. The Morgan fingerprint density at radius 2 is 2.23 bits per heavy atom. The van der Waals surface area contributed by atoms with E-state index in [4.69, 9.17) is 17.3 Å². The lowest BCUT2D eigenvalue weighted by Crippen LogP contribution is -1.95. The van der Waals surface area contributed by atoms with E-state index in [2.05, 4.69) is 12.2 Å². The molecular formula is C11H14ClN. The Morgan fingerprint density at radius 3 is 2.85 bits per heavy atom. The molecule has 0 heterocycles. The maximum atomic E-state index is 5.83. The molecule has 0 saturated carbocycles. The van der Waals surface area contributed by atoms with Crippen molar-refractivity contribution in [2.45, 2.75) is 13.3 Å². The molecule has 1 rings (SSSR count). The van der Waals surface area contributed by atoms with Gasteiger partial charge in [0.2, 0.25) is 0 Å². The van der Waals surface area contributed by atoms with Crippen LogP contribution in [0.15, 0.2) is 24.3 Å². The fraction of sp³-hybridized carbons (Fsp3) is 0.273. The topological polar surface area (TPSA) is 26.0 Å². The summed E-state index contributed by atoms with van der Waals surface area (Å²) in [6.07, 6.45) is 5.08. The molecule has 0 aliphatic carbocycles.